The van der Waals surface area contributed by atoms with Crippen molar-refractivity contribution in [2.45, 2.75) is 52.7 Å². The molecule has 0 bridgehead atoms. The molecule has 2 aromatic rings. The third-order valence-electron chi connectivity index (χ3n) is 5.05. The zero-order valence-electron chi connectivity index (χ0n) is 19.9. The Hall–Kier alpha value is -2.58. The normalized spacial score (nSPS) is 12.7. The van der Waals surface area contributed by atoms with Crippen LogP contribution in [-0.2, 0) is 26.2 Å². The summed E-state index contributed by atoms with van der Waals surface area (Å²) < 4.78 is 26.3. The third-order valence-corrected chi connectivity index (χ3v) is 6.58. The van der Waals surface area contributed by atoms with E-state index in [-0.39, 0.29) is 12.5 Å². The van der Waals surface area contributed by atoms with Crippen LogP contribution in [0.1, 0.15) is 38.8 Å². The first-order chi connectivity index (χ1) is 15.2. The van der Waals surface area contributed by atoms with E-state index in [0.29, 0.717) is 16.3 Å². The molecule has 0 aliphatic heterocycles. The lowest BCUT2D eigenvalue weighted by Gasteiger charge is -2.33. The highest BCUT2D eigenvalue weighted by molar-refractivity contribution is 7.92. The molecule has 1 N–H and O–H groups in total. The number of halogens is 1. The van der Waals surface area contributed by atoms with E-state index in [2.05, 4.69) is 5.32 Å². The summed E-state index contributed by atoms with van der Waals surface area (Å²) >= 11 is 6.20. The molecule has 0 aromatic heterocycles. The lowest BCUT2D eigenvalue weighted by molar-refractivity contribution is -0.140. The lowest BCUT2D eigenvalue weighted by atomic mass is 10.1. The number of hydrogen-bond donors (Lipinski definition) is 1. The number of amides is 2. The predicted molar refractivity (Wildman–Crippen MR) is 133 cm³/mol. The van der Waals surface area contributed by atoms with Crippen molar-refractivity contribution in [3.8, 4) is 0 Å². The van der Waals surface area contributed by atoms with Gasteiger partial charge in [0.05, 0.1) is 11.9 Å². The molecule has 0 unspecified atom stereocenters. The Morgan fingerprint density at radius 2 is 1.67 bits per heavy atom. The number of hydrogen-bond acceptors (Lipinski definition) is 4. The molecule has 9 heteroatoms. The van der Waals surface area contributed by atoms with Gasteiger partial charge >= 0.3 is 0 Å². The maximum Gasteiger partial charge on any atom is 0.244 e. The molecule has 0 aliphatic carbocycles. The van der Waals surface area contributed by atoms with Gasteiger partial charge in [-0.3, -0.25) is 13.9 Å². The fourth-order valence-corrected chi connectivity index (χ4v) is 4.37. The predicted octanol–water partition coefficient (Wildman–Crippen LogP) is 3.75. The van der Waals surface area contributed by atoms with Crippen LogP contribution in [0.5, 0.6) is 0 Å². The van der Waals surface area contributed by atoms with Crippen molar-refractivity contribution < 1.29 is 18.0 Å². The summed E-state index contributed by atoms with van der Waals surface area (Å²) in [5.74, 6) is -0.822. The number of benzene rings is 2. The summed E-state index contributed by atoms with van der Waals surface area (Å²) in [6, 6.07) is 13.3. The first-order valence-corrected chi connectivity index (χ1v) is 12.8. The minimum Gasteiger partial charge on any atom is -0.350 e. The van der Waals surface area contributed by atoms with Crippen LogP contribution in [-0.4, -0.2) is 49.5 Å². The molecule has 180 valence electrons. The molecule has 1 atom stereocenters. The average Bonchev–Trinajstić information content (AvgIpc) is 2.70. The van der Waals surface area contributed by atoms with Gasteiger partial charge in [-0.2, -0.15) is 0 Å². The van der Waals surface area contributed by atoms with Crippen molar-refractivity contribution >= 4 is 39.1 Å². The van der Waals surface area contributed by atoms with E-state index < -0.39 is 34.1 Å². The van der Waals surface area contributed by atoms with Gasteiger partial charge in [0.15, 0.2) is 0 Å². The molecule has 33 heavy (non-hydrogen) atoms. The van der Waals surface area contributed by atoms with Gasteiger partial charge in [0.25, 0.3) is 0 Å². The van der Waals surface area contributed by atoms with Crippen LogP contribution in [0.25, 0.3) is 0 Å². The van der Waals surface area contributed by atoms with E-state index in [4.69, 9.17) is 11.6 Å². The molecule has 0 spiro atoms. The molecule has 2 rings (SSSR count). The van der Waals surface area contributed by atoms with Crippen LogP contribution >= 0.6 is 11.6 Å². The monoisotopic (exact) mass is 493 g/mol. The van der Waals surface area contributed by atoms with Crippen LogP contribution in [0, 0.1) is 6.92 Å². The van der Waals surface area contributed by atoms with Gasteiger partial charge in [-0.25, -0.2) is 8.42 Å². The van der Waals surface area contributed by atoms with Crippen LogP contribution < -0.4 is 9.62 Å². The zero-order valence-corrected chi connectivity index (χ0v) is 21.5. The smallest absolute Gasteiger partial charge is 0.244 e. The van der Waals surface area contributed by atoms with Gasteiger partial charge in [-0.05, 0) is 57.9 Å². The fraction of sp³-hybridized carbons (Fsp3) is 0.417. The van der Waals surface area contributed by atoms with E-state index in [9.17, 15) is 18.0 Å². The molecule has 0 saturated carbocycles. The summed E-state index contributed by atoms with van der Waals surface area (Å²) in [4.78, 5) is 27.8. The number of anilines is 1. The molecule has 2 amide bonds. The van der Waals surface area contributed by atoms with Crippen LogP contribution in [0.3, 0.4) is 0 Å². The van der Waals surface area contributed by atoms with Gasteiger partial charge in [0, 0.05) is 17.1 Å². The van der Waals surface area contributed by atoms with Crippen molar-refractivity contribution in [3.05, 3.63) is 64.7 Å². The Kier molecular flexibility index (Phi) is 8.54. The van der Waals surface area contributed by atoms with Gasteiger partial charge in [0.1, 0.15) is 12.6 Å². The highest BCUT2D eigenvalue weighted by Crippen LogP contribution is 2.28. The van der Waals surface area contributed by atoms with E-state index >= 15 is 0 Å². The number of sulfonamides is 1. The summed E-state index contributed by atoms with van der Waals surface area (Å²) in [5.41, 5.74) is 1.21. The Bertz CT molecular complexity index is 1100. The first-order valence-electron chi connectivity index (χ1n) is 10.6. The van der Waals surface area contributed by atoms with Gasteiger partial charge in [-0.1, -0.05) is 48.0 Å². The van der Waals surface area contributed by atoms with E-state index in [1.165, 1.54) is 4.90 Å². The molecular formula is C24H32ClN3O4S. The average molecular weight is 494 g/mol. The van der Waals surface area contributed by atoms with E-state index in [0.717, 1.165) is 16.1 Å². The molecule has 0 saturated heterocycles. The molecular weight excluding hydrogens is 462 g/mol. The van der Waals surface area contributed by atoms with Crippen molar-refractivity contribution in [3.63, 3.8) is 0 Å². The van der Waals surface area contributed by atoms with E-state index in [1.807, 2.05) is 51.1 Å². The van der Waals surface area contributed by atoms with Crippen LogP contribution in [0.15, 0.2) is 48.5 Å². The van der Waals surface area contributed by atoms with Crippen molar-refractivity contribution in [1.82, 2.24) is 10.2 Å². The minimum atomic E-state index is -3.81. The van der Waals surface area contributed by atoms with Crippen molar-refractivity contribution in [1.29, 1.82) is 0 Å². The second kappa shape index (κ2) is 10.6. The number of carbonyl (C=O) groups excluding carboxylic acids is 2. The fourth-order valence-electron chi connectivity index (χ4n) is 3.30. The molecule has 0 radical (unpaired) electrons. The molecule has 0 fully saturated rings. The SMILES string of the molecule is Cc1c(Cl)cccc1N(CC(=O)N(Cc1ccccc1)[C@@H](C)C(=O)NC(C)(C)C)S(C)(=O)=O. The van der Waals surface area contributed by atoms with E-state index in [1.54, 1.807) is 32.0 Å². The van der Waals surface area contributed by atoms with Gasteiger partial charge in [0.2, 0.25) is 21.8 Å². The van der Waals surface area contributed by atoms with Gasteiger partial charge in [-0.15, -0.1) is 0 Å². The minimum absolute atomic E-state index is 0.157. The molecule has 2 aromatic carbocycles. The second-order valence-electron chi connectivity index (χ2n) is 9.08. The maximum atomic E-state index is 13.5. The second-order valence-corrected chi connectivity index (χ2v) is 11.4. The number of carbonyl (C=O) groups is 2. The molecule has 0 heterocycles. The van der Waals surface area contributed by atoms with Crippen molar-refractivity contribution in [2.24, 2.45) is 0 Å². The Labute approximate surface area is 201 Å². The Balaban J connectivity index is 2.42. The summed E-state index contributed by atoms with van der Waals surface area (Å²) in [6.45, 7) is 8.60. The summed E-state index contributed by atoms with van der Waals surface area (Å²) in [5, 5.41) is 3.29. The standard InChI is InChI=1S/C24H32ClN3O4S/c1-17-20(25)13-10-14-21(17)28(33(6,31)32)16-22(29)27(15-19-11-8-7-9-12-19)18(2)23(30)26-24(3,4)5/h7-14,18H,15-16H2,1-6H3,(H,26,30)/t18-/m0/s1. The topological polar surface area (TPSA) is 86.8 Å². The number of nitrogens with one attached hydrogen (secondary N) is 1. The molecule has 0 aliphatic rings. The quantitative estimate of drug-likeness (QED) is 0.606. The third kappa shape index (κ3) is 7.47. The zero-order chi connectivity index (χ0) is 25.0. The Morgan fingerprint density at radius 3 is 2.21 bits per heavy atom. The van der Waals surface area contributed by atoms with Crippen molar-refractivity contribution in [2.75, 3.05) is 17.1 Å². The number of nitrogens with zero attached hydrogens (tertiary/aromatic N) is 2. The summed E-state index contributed by atoms with van der Waals surface area (Å²) in [7, 11) is -3.81. The summed E-state index contributed by atoms with van der Waals surface area (Å²) in [6.07, 6.45) is 1.04. The first kappa shape index (κ1) is 26.7. The number of rotatable bonds is 8. The maximum absolute atomic E-state index is 13.5. The molecule has 7 nitrogen and oxygen atoms in total. The van der Waals surface area contributed by atoms with Crippen LogP contribution in [0.4, 0.5) is 5.69 Å². The highest BCUT2D eigenvalue weighted by atomic mass is 35.5. The largest absolute Gasteiger partial charge is 0.350 e. The van der Waals surface area contributed by atoms with Crippen LogP contribution in [0.2, 0.25) is 5.02 Å². The highest BCUT2D eigenvalue weighted by Gasteiger charge is 2.31. The lowest BCUT2D eigenvalue weighted by Crippen LogP contribution is -2.54. The Morgan fingerprint density at radius 1 is 1.06 bits per heavy atom. The van der Waals surface area contributed by atoms with Gasteiger partial charge < -0.3 is 10.2 Å².